The van der Waals surface area contributed by atoms with Gasteiger partial charge in [0, 0.05) is 0 Å². The minimum absolute atomic E-state index is 0.00644. The maximum atomic E-state index is 12.5. The molecule has 3 unspecified atom stereocenters. The van der Waals surface area contributed by atoms with E-state index in [9.17, 15) is 20.1 Å². The summed E-state index contributed by atoms with van der Waals surface area (Å²) in [6.07, 6.45) is 79.0. The normalized spacial score (nSPS) is 13.5. The first kappa shape index (κ1) is 67.3. The first-order valence-corrected chi connectivity index (χ1v) is 30.9. The van der Waals surface area contributed by atoms with Crippen molar-refractivity contribution in [3.05, 3.63) is 48.6 Å². The van der Waals surface area contributed by atoms with E-state index in [1.54, 1.807) is 6.08 Å². The fourth-order valence-electron chi connectivity index (χ4n) is 9.63. The smallest absolute Gasteiger partial charge is 0.222 e. The van der Waals surface area contributed by atoms with Crippen LogP contribution in [0.2, 0.25) is 0 Å². The number of carbonyl (C=O) groups is 1. The molecule has 0 aliphatic carbocycles. The summed E-state index contributed by atoms with van der Waals surface area (Å²) in [5, 5.41) is 33.5. The van der Waals surface area contributed by atoms with Crippen molar-refractivity contribution in [2.75, 3.05) is 6.61 Å². The summed E-state index contributed by atoms with van der Waals surface area (Å²) in [5.74, 6) is -0.322. The van der Waals surface area contributed by atoms with Crippen molar-refractivity contribution in [2.45, 2.75) is 347 Å². The number of rotatable bonds is 57. The van der Waals surface area contributed by atoms with E-state index in [1.165, 1.54) is 263 Å². The van der Waals surface area contributed by atoms with E-state index in [1.807, 2.05) is 6.08 Å². The van der Waals surface area contributed by atoms with E-state index in [2.05, 4.69) is 55.6 Å². The maximum absolute atomic E-state index is 12.5. The molecule has 0 saturated heterocycles. The van der Waals surface area contributed by atoms with Gasteiger partial charge < -0.3 is 20.6 Å². The topological polar surface area (TPSA) is 89.8 Å². The van der Waals surface area contributed by atoms with E-state index >= 15 is 0 Å². The van der Waals surface area contributed by atoms with Crippen molar-refractivity contribution in [2.24, 2.45) is 0 Å². The molecule has 0 aliphatic heterocycles. The van der Waals surface area contributed by atoms with Crippen LogP contribution < -0.4 is 5.32 Å². The number of allylic oxidation sites excluding steroid dienone is 7. The van der Waals surface area contributed by atoms with Crippen LogP contribution in [0.25, 0.3) is 0 Å². The lowest BCUT2D eigenvalue weighted by Gasteiger charge is -2.21. The number of hydrogen-bond donors (Lipinski definition) is 4. The number of carbonyl (C=O) groups excluding carboxylic acids is 1. The second kappa shape index (κ2) is 58.9. The van der Waals surface area contributed by atoms with Gasteiger partial charge in [0.25, 0.3) is 0 Å². The molecule has 5 nitrogen and oxygen atoms in total. The third kappa shape index (κ3) is 55.5. The largest absolute Gasteiger partial charge is 0.394 e. The molecule has 0 radical (unpaired) electrons. The Morgan fingerprint density at radius 2 is 0.667 bits per heavy atom. The van der Waals surface area contributed by atoms with E-state index in [4.69, 9.17) is 0 Å². The number of hydrogen-bond acceptors (Lipinski definition) is 4. The zero-order valence-electron chi connectivity index (χ0n) is 46.5. The molecule has 406 valence electrons. The van der Waals surface area contributed by atoms with Gasteiger partial charge in [-0.3, -0.25) is 4.79 Å². The Kier molecular flexibility index (Phi) is 57.4. The van der Waals surface area contributed by atoms with Gasteiger partial charge in [0.15, 0.2) is 0 Å². The monoisotopic (exact) mass is 968 g/mol. The maximum Gasteiger partial charge on any atom is 0.222 e. The van der Waals surface area contributed by atoms with E-state index in [0.717, 1.165) is 38.5 Å². The molecule has 1 amide bonds. The molecule has 0 aromatic heterocycles. The van der Waals surface area contributed by atoms with Crippen LogP contribution in [0, 0.1) is 0 Å². The summed E-state index contributed by atoms with van der Waals surface area (Å²) in [4.78, 5) is 12.5. The van der Waals surface area contributed by atoms with Gasteiger partial charge in [-0.15, -0.1) is 0 Å². The number of nitrogens with one attached hydrogen (secondary N) is 1. The molecule has 0 aromatic carbocycles. The SMILES string of the molecule is CCCCCCCCCCCCC/C=C\C/C=C\CCCCCCCCCCCCCCCCCC(O)CC(=O)NC(CO)C(O)/C=C/CC/C=C/CCCCCCCCCCCCCCCCC. The second-order valence-corrected chi connectivity index (χ2v) is 21.3. The third-order valence-electron chi connectivity index (χ3n) is 14.3. The van der Waals surface area contributed by atoms with Gasteiger partial charge in [-0.25, -0.2) is 0 Å². The zero-order chi connectivity index (χ0) is 50.0. The van der Waals surface area contributed by atoms with Gasteiger partial charge in [-0.05, 0) is 64.2 Å². The number of aliphatic hydroxyl groups excluding tert-OH is 3. The fraction of sp³-hybridized carbons (Fsp3) is 0.859. The Bertz CT molecular complexity index is 1110. The lowest BCUT2D eigenvalue weighted by molar-refractivity contribution is -0.124. The molecular weight excluding hydrogens is 847 g/mol. The van der Waals surface area contributed by atoms with Gasteiger partial charge in [0.2, 0.25) is 5.91 Å². The lowest BCUT2D eigenvalue weighted by Crippen LogP contribution is -2.45. The van der Waals surface area contributed by atoms with Gasteiger partial charge in [0.05, 0.1) is 31.3 Å². The summed E-state index contributed by atoms with van der Waals surface area (Å²) < 4.78 is 0. The molecule has 0 aliphatic rings. The third-order valence-corrected chi connectivity index (χ3v) is 14.3. The molecule has 0 saturated carbocycles. The van der Waals surface area contributed by atoms with Crippen molar-refractivity contribution in [3.63, 3.8) is 0 Å². The Morgan fingerprint density at radius 3 is 1.01 bits per heavy atom. The van der Waals surface area contributed by atoms with Crippen LogP contribution in [-0.4, -0.2) is 46.1 Å². The molecule has 0 spiro atoms. The minimum atomic E-state index is -0.954. The van der Waals surface area contributed by atoms with Crippen LogP contribution in [0.1, 0.15) is 328 Å². The Balaban J connectivity index is 3.55. The highest BCUT2D eigenvalue weighted by molar-refractivity contribution is 5.76. The molecule has 4 N–H and O–H groups in total. The second-order valence-electron chi connectivity index (χ2n) is 21.3. The van der Waals surface area contributed by atoms with Crippen LogP contribution in [0.4, 0.5) is 0 Å². The van der Waals surface area contributed by atoms with Crippen LogP contribution in [0.5, 0.6) is 0 Å². The molecule has 0 aromatic rings. The van der Waals surface area contributed by atoms with E-state index in [-0.39, 0.29) is 18.9 Å². The summed E-state index contributed by atoms with van der Waals surface area (Å²) in [6.45, 7) is 4.24. The van der Waals surface area contributed by atoms with Gasteiger partial charge in [0.1, 0.15) is 0 Å². The summed E-state index contributed by atoms with van der Waals surface area (Å²) in [6, 6.07) is -0.763. The zero-order valence-corrected chi connectivity index (χ0v) is 46.5. The average molecular weight is 969 g/mol. The first-order valence-electron chi connectivity index (χ1n) is 30.9. The molecule has 5 heteroatoms. The van der Waals surface area contributed by atoms with Gasteiger partial charge in [-0.1, -0.05) is 306 Å². The predicted molar refractivity (Wildman–Crippen MR) is 305 cm³/mol. The van der Waals surface area contributed by atoms with Crippen molar-refractivity contribution in [1.29, 1.82) is 0 Å². The molecule has 3 atom stereocenters. The molecular formula is C64H121NO4. The quantitative estimate of drug-likeness (QED) is 0.0361. The van der Waals surface area contributed by atoms with Gasteiger partial charge in [-0.2, -0.15) is 0 Å². The standard InChI is InChI=1S/C64H121NO4/c1-3-5-7-9-11-13-15-17-19-21-23-25-26-27-28-29-30-31-32-33-34-35-36-38-39-41-43-45-47-49-51-53-55-57-61(67)59-64(69)65-62(60-66)63(68)58-56-54-52-50-48-46-44-42-40-37-24-22-20-18-16-14-12-10-8-6-4-2/h26-27,29-30,48,50,56,58,61-63,66-68H,3-25,28,31-47,49,51-55,57,59-60H2,1-2H3,(H,65,69)/b27-26-,30-29-,50-48+,58-56+. The van der Waals surface area contributed by atoms with E-state index in [0.29, 0.717) is 6.42 Å². The highest BCUT2D eigenvalue weighted by Gasteiger charge is 2.20. The lowest BCUT2D eigenvalue weighted by atomic mass is 10.0. The Hall–Kier alpha value is -1.69. The minimum Gasteiger partial charge on any atom is -0.394 e. The fourth-order valence-corrected chi connectivity index (χ4v) is 9.63. The van der Waals surface area contributed by atoms with Crippen molar-refractivity contribution >= 4 is 5.91 Å². The molecule has 0 fully saturated rings. The van der Waals surface area contributed by atoms with Crippen LogP contribution >= 0.6 is 0 Å². The summed E-state index contributed by atoms with van der Waals surface area (Å²) in [7, 11) is 0. The van der Waals surface area contributed by atoms with Crippen molar-refractivity contribution in [3.8, 4) is 0 Å². The number of unbranched alkanes of at least 4 members (excludes halogenated alkanes) is 42. The Morgan fingerprint density at radius 1 is 0.377 bits per heavy atom. The summed E-state index contributed by atoms with van der Waals surface area (Å²) >= 11 is 0. The van der Waals surface area contributed by atoms with Crippen LogP contribution in [0.15, 0.2) is 48.6 Å². The number of amides is 1. The average Bonchev–Trinajstić information content (AvgIpc) is 3.35. The van der Waals surface area contributed by atoms with E-state index < -0.39 is 18.2 Å². The molecule has 69 heavy (non-hydrogen) atoms. The van der Waals surface area contributed by atoms with Crippen LogP contribution in [0.3, 0.4) is 0 Å². The Labute approximate surface area is 431 Å². The molecule has 0 rings (SSSR count). The number of aliphatic hydroxyl groups is 3. The van der Waals surface area contributed by atoms with Crippen LogP contribution in [-0.2, 0) is 4.79 Å². The molecule has 0 bridgehead atoms. The highest BCUT2D eigenvalue weighted by atomic mass is 16.3. The predicted octanol–water partition coefficient (Wildman–Crippen LogP) is 19.6. The van der Waals surface area contributed by atoms with Gasteiger partial charge >= 0.3 is 0 Å². The summed E-state index contributed by atoms with van der Waals surface area (Å²) in [5.41, 5.74) is 0. The van der Waals surface area contributed by atoms with Crippen molar-refractivity contribution in [1.82, 2.24) is 5.32 Å². The van der Waals surface area contributed by atoms with Crippen molar-refractivity contribution < 1.29 is 20.1 Å². The highest BCUT2D eigenvalue weighted by Crippen LogP contribution is 2.17. The molecule has 0 heterocycles. The first-order chi connectivity index (χ1) is 34.0.